The first-order chi connectivity index (χ1) is 8.36. The number of piperazine rings is 1. The van der Waals surface area contributed by atoms with E-state index < -0.39 is 11.2 Å². The van der Waals surface area contributed by atoms with Gasteiger partial charge in [0.05, 0.1) is 0 Å². The zero-order chi connectivity index (χ0) is 13.3. The van der Waals surface area contributed by atoms with Crippen LogP contribution in [-0.4, -0.2) is 35.1 Å². The molecule has 2 rings (SSSR count). The van der Waals surface area contributed by atoms with Gasteiger partial charge in [0, 0.05) is 42.8 Å². The summed E-state index contributed by atoms with van der Waals surface area (Å²) in [5, 5.41) is 2.59. The number of nitrogens with zero attached hydrogens (tertiary/aromatic N) is 2. The lowest BCUT2D eigenvalue weighted by molar-refractivity contribution is -0.137. The zero-order valence-electron chi connectivity index (χ0n) is 10.3. The summed E-state index contributed by atoms with van der Waals surface area (Å²) in [7, 11) is 0. The summed E-state index contributed by atoms with van der Waals surface area (Å²) in [4.78, 5) is 6.31. The van der Waals surface area contributed by atoms with Gasteiger partial charge < -0.3 is 5.32 Å². The SMILES string of the molecule is CC1CN(Cc2cnc(C(F)(F)F)s2)C(C)CN1. The predicted octanol–water partition coefficient (Wildman–Crippen LogP) is 2.34. The Morgan fingerprint density at radius 2 is 2.22 bits per heavy atom. The van der Waals surface area contributed by atoms with Crippen LogP contribution in [0, 0.1) is 0 Å². The highest BCUT2D eigenvalue weighted by Gasteiger charge is 2.35. The lowest BCUT2D eigenvalue weighted by Crippen LogP contribution is -2.53. The number of hydrogen-bond donors (Lipinski definition) is 1. The number of thiazole rings is 1. The van der Waals surface area contributed by atoms with Gasteiger partial charge >= 0.3 is 6.18 Å². The van der Waals surface area contributed by atoms with E-state index in [4.69, 9.17) is 0 Å². The van der Waals surface area contributed by atoms with Crippen LogP contribution in [0.4, 0.5) is 13.2 Å². The van der Waals surface area contributed by atoms with Crippen molar-refractivity contribution in [2.24, 2.45) is 0 Å². The van der Waals surface area contributed by atoms with Gasteiger partial charge in [-0.2, -0.15) is 13.2 Å². The Morgan fingerprint density at radius 1 is 1.50 bits per heavy atom. The van der Waals surface area contributed by atoms with Crippen molar-refractivity contribution in [1.29, 1.82) is 0 Å². The molecule has 0 aliphatic carbocycles. The number of aromatic nitrogens is 1. The highest BCUT2D eigenvalue weighted by atomic mass is 32.1. The third-order valence-electron chi connectivity index (χ3n) is 3.05. The fourth-order valence-electron chi connectivity index (χ4n) is 2.03. The smallest absolute Gasteiger partial charge is 0.311 e. The van der Waals surface area contributed by atoms with E-state index in [0.717, 1.165) is 24.4 Å². The quantitative estimate of drug-likeness (QED) is 0.900. The van der Waals surface area contributed by atoms with Crippen molar-refractivity contribution in [2.75, 3.05) is 13.1 Å². The van der Waals surface area contributed by atoms with Crippen molar-refractivity contribution in [2.45, 2.75) is 38.7 Å². The Bertz CT molecular complexity index is 404. The third-order valence-corrected chi connectivity index (χ3v) is 4.08. The van der Waals surface area contributed by atoms with Crippen molar-refractivity contribution >= 4 is 11.3 Å². The van der Waals surface area contributed by atoms with E-state index in [0.29, 0.717) is 23.5 Å². The molecule has 0 spiro atoms. The van der Waals surface area contributed by atoms with E-state index in [2.05, 4.69) is 29.0 Å². The van der Waals surface area contributed by atoms with E-state index in [1.54, 1.807) is 0 Å². The minimum Gasteiger partial charge on any atom is -0.311 e. The van der Waals surface area contributed by atoms with Gasteiger partial charge in [0.25, 0.3) is 0 Å². The monoisotopic (exact) mass is 279 g/mol. The second-order valence-electron chi connectivity index (χ2n) is 4.72. The molecule has 3 nitrogen and oxygen atoms in total. The van der Waals surface area contributed by atoms with Crippen molar-refractivity contribution in [3.63, 3.8) is 0 Å². The molecule has 1 aromatic rings. The molecule has 1 N–H and O–H groups in total. The molecule has 2 unspecified atom stereocenters. The minimum absolute atomic E-state index is 0.331. The first-order valence-electron chi connectivity index (χ1n) is 5.85. The molecule has 2 atom stereocenters. The Balaban J connectivity index is 2.02. The van der Waals surface area contributed by atoms with Gasteiger partial charge in [-0.3, -0.25) is 4.90 Å². The number of halogens is 3. The van der Waals surface area contributed by atoms with Gasteiger partial charge in [0.2, 0.25) is 0 Å². The Hall–Kier alpha value is -0.660. The molecule has 7 heteroatoms. The highest BCUT2D eigenvalue weighted by molar-refractivity contribution is 7.11. The fourth-order valence-corrected chi connectivity index (χ4v) is 2.83. The normalized spacial score (nSPS) is 26.5. The maximum atomic E-state index is 12.4. The van der Waals surface area contributed by atoms with Crippen LogP contribution in [0.3, 0.4) is 0 Å². The van der Waals surface area contributed by atoms with Gasteiger partial charge in [0.1, 0.15) is 0 Å². The van der Waals surface area contributed by atoms with Crippen LogP contribution < -0.4 is 5.32 Å². The summed E-state index contributed by atoms with van der Waals surface area (Å²) in [6, 6.07) is 0.703. The molecule has 1 saturated heterocycles. The van der Waals surface area contributed by atoms with E-state index in [1.807, 2.05) is 0 Å². The molecule has 18 heavy (non-hydrogen) atoms. The first-order valence-corrected chi connectivity index (χ1v) is 6.67. The van der Waals surface area contributed by atoms with E-state index in [-0.39, 0.29) is 0 Å². The van der Waals surface area contributed by atoms with Crippen molar-refractivity contribution < 1.29 is 13.2 Å². The molecule has 1 aromatic heterocycles. The van der Waals surface area contributed by atoms with Gasteiger partial charge in [0.15, 0.2) is 5.01 Å². The molecule has 1 fully saturated rings. The van der Waals surface area contributed by atoms with Gasteiger partial charge in [-0.1, -0.05) is 0 Å². The minimum atomic E-state index is -4.33. The Labute approximate surface area is 108 Å². The Kier molecular flexibility index (Phi) is 3.93. The van der Waals surface area contributed by atoms with Crippen LogP contribution >= 0.6 is 11.3 Å². The first kappa shape index (κ1) is 13.8. The maximum absolute atomic E-state index is 12.4. The Morgan fingerprint density at radius 3 is 2.83 bits per heavy atom. The van der Waals surface area contributed by atoms with E-state index in [1.165, 1.54) is 6.20 Å². The lowest BCUT2D eigenvalue weighted by Gasteiger charge is -2.37. The number of alkyl halides is 3. The summed E-state index contributed by atoms with van der Waals surface area (Å²) in [5.41, 5.74) is 0. The standard InChI is InChI=1S/C11H16F3N3S/c1-7-5-17(8(2)3-15-7)6-9-4-16-10(18-9)11(12,13)14/h4,7-8,15H,3,5-6H2,1-2H3. The summed E-state index contributed by atoms with van der Waals surface area (Å²) in [6.45, 7) is 6.41. The van der Waals surface area contributed by atoms with E-state index >= 15 is 0 Å². The summed E-state index contributed by atoms with van der Waals surface area (Å²) < 4.78 is 37.3. The number of hydrogen-bond acceptors (Lipinski definition) is 4. The van der Waals surface area contributed by atoms with Crippen molar-refractivity contribution in [1.82, 2.24) is 15.2 Å². The third kappa shape index (κ3) is 3.21. The van der Waals surface area contributed by atoms with Crippen molar-refractivity contribution in [3.05, 3.63) is 16.1 Å². The predicted molar refractivity (Wildman–Crippen MR) is 64.5 cm³/mol. The molecule has 0 aromatic carbocycles. The molecule has 102 valence electrons. The summed E-state index contributed by atoms with van der Waals surface area (Å²) in [6.07, 6.45) is -2.99. The molecule has 0 bridgehead atoms. The van der Waals surface area contributed by atoms with Crippen LogP contribution in [-0.2, 0) is 12.7 Å². The largest absolute Gasteiger partial charge is 0.443 e. The molecular formula is C11H16F3N3S. The van der Waals surface area contributed by atoms with E-state index in [9.17, 15) is 13.2 Å². The molecule has 1 aliphatic heterocycles. The highest BCUT2D eigenvalue weighted by Crippen LogP contribution is 2.33. The molecule has 0 radical (unpaired) electrons. The second-order valence-corrected chi connectivity index (χ2v) is 5.83. The summed E-state index contributed by atoms with van der Waals surface area (Å²) in [5.74, 6) is 0. The number of nitrogens with one attached hydrogen (secondary N) is 1. The fraction of sp³-hybridized carbons (Fsp3) is 0.727. The van der Waals surface area contributed by atoms with Crippen LogP contribution in [0.15, 0.2) is 6.20 Å². The molecule has 1 aliphatic rings. The molecule has 0 amide bonds. The van der Waals surface area contributed by atoms with Gasteiger partial charge in [-0.15, -0.1) is 11.3 Å². The average Bonchev–Trinajstić information content (AvgIpc) is 2.71. The number of rotatable bonds is 2. The average molecular weight is 279 g/mol. The van der Waals surface area contributed by atoms with Crippen LogP contribution in [0.5, 0.6) is 0 Å². The topological polar surface area (TPSA) is 28.2 Å². The van der Waals surface area contributed by atoms with Gasteiger partial charge in [-0.05, 0) is 13.8 Å². The van der Waals surface area contributed by atoms with Gasteiger partial charge in [-0.25, -0.2) is 4.98 Å². The van der Waals surface area contributed by atoms with Crippen LogP contribution in [0.2, 0.25) is 0 Å². The van der Waals surface area contributed by atoms with Crippen molar-refractivity contribution in [3.8, 4) is 0 Å². The summed E-state index contributed by atoms with van der Waals surface area (Å²) >= 11 is 0.739. The molecular weight excluding hydrogens is 263 g/mol. The zero-order valence-corrected chi connectivity index (χ0v) is 11.1. The second kappa shape index (κ2) is 5.14. The lowest BCUT2D eigenvalue weighted by atomic mass is 10.1. The maximum Gasteiger partial charge on any atom is 0.443 e. The van der Waals surface area contributed by atoms with Crippen LogP contribution in [0.1, 0.15) is 23.7 Å². The van der Waals surface area contributed by atoms with Crippen LogP contribution in [0.25, 0.3) is 0 Å². The molecule has 0 saturated carbocycles. The molecule has 2 heterocycles.